The standard InChI is InChI=1S/C8H13N3OS/c1-8(2,3)5-4(6(9)12)7(10)13-11-5/h10H2,1-3H3,(H2,9,12). The molecular weight excluding hydrogens is 186 g/mol. The van der Waals surface area contributed by atoms with Crippen LogP contribution in [-0.4, -0.2) is 10.3 Å². The van der Waals surface area contributed by atoms with E-state index in [9.17, 15) is 4.79 Å². The van der Waals surface area contributed by atoms with E-state index >= 15 is 0 Å². The molecule has 5 heteroatoms. The van der Waals surface area contributed by atoms with Crippen LogP contribution in [0, 0.1) is 0 Å². The molecule has 0 atom stereocenters. The van der Waals surface area contributed by atoms with E-state index in [-0.39, 0.29) is 5.41 Å². The van der Waals surface area contributed by atoms with Crippen molar-refractivity contribution in [2.24, 2.45) is 5.73 Å². The van der Waals surface area contributed by atoms with E-state index in [0.29, 0.717) is 16.3 Å². The Labute approximate surface area is 81.1 Å². The first-order valence-corrected chi connectivity index (χ1v) is 4.67. The van der Waals surface area contributed by atoms with Gasteiger partial charge < -0.3 is 11.5 Å². The molecule has 0 radical (unpaired) electrons. The molecule has 1 heterocycles. The molecule has 4 N–H and O–H groups in total. The minimum Gasteiger partial charge on any atom is -0.389 e. The molecule has 0 aromatic carbocycles. The summed E-state index contributed by atoms with van der Waals surface area (Å²) < 4.78 is 4.12. The molecule has 0 aliphatic heterocycles. The third-order valence-electron chi connectivity index (χ3n) is 1.68. The van der Waals surface area contributed by atoms with Crippen molar-refractivity contribution < 1.29 is 4.79 Å². The summed E-state index contributed by atoms with van der Waals surface area (Å²) >= 11 is 1.11. The fourth-order valence-electron chi connectivity index (χ4n) is 1.05. The molecule has 13 heavy (non-hydrogen) atoms. The topological polar surface area (TPSA) is 82.0 Å². The molecule has 1 rings (SSSR count). The number of hydrogen-bond acceptors (Lipinski definition) is 4. The van der Waals surface area contributed by atoms with E-state index in [2.05, 4.69) is 4.37 Å². The number of carbonyl (C=O) groups excluding carboxylic acids is 1. The zero-order valence-electron chi connectivity index (χ0n) is 7.92. The lowest BCUT2D eigenvalue weighted by Crippen LogP contribution is -2.21. The maximum atomic E-state index is 11.1. The fraction of sp³-hybridized carbons (Fsp3) is 0.500. The predicted octanol–water partition coefficient (Wildman–Crippen LogP) is 1.12. The number of amides is 1. The predicted molar refractivity (Wildman–Crippen MR) is 53.7 cm³/mol. The number of nitrogens with two attached hydrogens (primary N) is 2. The minimum absolute atomic E-state index is 0.196. The van der Waals surface area contributed by atoms with Crippen molar-refractivity contribution in [2.75, 3.05) is 5.73 Å². The second kappa shape index (κ2) is 2.99. The van der Waals surface area contributed by atoms with Crippen LogP contribution in [0.2, 0.25) is 0 Å². The van der Waals surface area contributed by atoms with Crippen LogP contribution in [0.3, 0.4) is 0 Å². The highest BCUT2D eigenvalue weighted by atomic mass is 32.1. The molecule has 72 valence electrons. The number of rotatable bonds is 1. The molecule has 0 bridgehead atoms. The van der Waals surface area contributed by atoms with E-state index in [4.69, 9.17) is 11.5 Å². The first-order chi connectivity index (χ1) is 5.84. The van der Waals surface area contributed by atoms with Crippen LogP contribution < -0.4 is 11.5 Å². The Morgan fingerprint density at radius 3 is 2.31 bits per heavy atom. The van der Waals surface area contributed by atoms with Crippen molar-refractivity contribution in [2.45, 2.75) is 26.2 Å². The quantitative estimate of drug-likeness (QED) is 0.711. The van der Waals surface area contributed by atoms with E-state index in [1.54, 1.807) is 0 Å². The van der Waals surface area contributed by atoms with Crippen LogP contribution >= 0.6 is 11.5 Å². The first-order valence-electron chi connectivity index (χ1n) is 3.89. The maximum Gasteiger partial charge on any atom is 0.253 e. The highest BCUT2D eigenvalue weighted by molar-refractivity contribution is 7.10. The molecule has 0 aliphatic carbocycles. The Morgan fingerprint density at radius 1 is 1.46 bits per heavy atom. The molecule has 0 unspecified atom stereocenters. The third kappa shape index (κ3) is 1.80. The highest BCUT2D eigenvalue weighted by Crippen LogP contribution is 2.30. The summed E-state index contributed by atoms with van der Waals surface area (Å²) in [5.74, 6) is -0.504. The zero-order valence-corrected chi connectivity index (χ0v) is 8.73. The van der Waals surface area contributed by atoms with Crippen LogP contribution in [-0.2, 0) is 5.41 Å². The minimum atomic E-state index is -0.504. The molecule has 4 nitrogen and oxygen atoms in total. The Morgan fingerprint density at radius 2 is 2.00 bits per heavy atom. The fourth-order valence-corrected chi connectivity index (χ4v) is 1.90. The second-order valence-corrected chi connectivity index (χ2v) is 4.69. The molecule has 1 aromatic heterocycles. The summed E-state index contributed by atoms with van der Waals surface area (Å²) in [5, 5.41) is 0.400. The van der Waals surface area contributed by atoms with Crippen molar-refractivity contribution in [3.63, 3.8) is 0 Å². The summed E-state index contributed by atoms with van der Waals surface area (Å²) in [6.45, 7) is 5.90. The van der Waals surface area contributed by atoms with Gasteiger partial charge in [0.05, 0.1) is 11.3 Å². The maximum absolute atomic E-state index is 11.1. The van der Waals surface area contributed by atoms with Gasteiger partial charge in [-0.15, -0.1) is 0 Å². The first kappa shape index (κ1) is 9.98. The third-order valence-corrected chi connectivity index (χ3v) is 2.35. The molecular formula is C8H13N3OS. The monoisotopic (exact) mass is 199 g/mol. The van der Waals surface area contributed by atoms with Crippen molar-refractivity contribution in [1.82, 2.24) is 4.37 Å². The SMILES string of the molecule is CC(C)(C)c1nsc(N)c1C(N)=O. The second-order valence-electron chi connectivity index (χ2n) is 3.88. The van der Waals surface area contributed by atoms with E-state index in [1.165, 1.54) is 0 Å². The number of nitrogen functional groups attached to an aromatic ring is 1. The van der Waals surface area contributed by atoms with Crippen LogP contribution in [0.15, 0.2) is 0 Å². The van der Waals surface area contributed by atoms with Gasteiger partial charge in [0.2, 0.25) is 0 Å². The molecule has 0 saturated carbocycles. The molecule has 0 spiro atoms. The van der Waals surface area contributed by atoms with Crippen molar-refractivity contribution in [3.05, 3.63) is 11.3 Å². The lowest BCUT2D eigenvalue weighted by molar-refractivity contribution is 0.0999. The zero-order chi connectivity index (χ0) is 10.2. The highest BCUT2D eigenvalue weighted by Gasteiger charge is 2.26. The van der Waals surface area contributed by atoms with Gasteiger partial charge >= 0.3 is 0 Å². The van der Waals surface area contributed by atoms with Crippen LogP contribution in [0.4, 0.5) is 5.00 Å². The largest absolute Gasteiger partial charge is 0.389 e. The number of primary amides is 1. The molecule has 1 aromatic rings. The molecule has 0 aliphatic rings. The van der Waals surface area contributed by atoms with E-state index in [0.717, 1.165) is 11.5 Å². The lowest BCUT2D eigenvalue weighted by atomic mass is 9.89. The Bertz CT molecular complexity index is 338. The van der Waals surface area contributed by atoms with E-state index in [1.807, 2.05) is 20.8 Å². The van der Waals surface area contributed by atoms with Gasteiger partial charge in [-0.25, -0.2) is 0 Å². The van der Waals surface area contributed by atoms with Gasteiger partial charge in [-0.3, -0.25) is 4.79 Å². The van der Waals surface area contributed by atoms with Crippen molar-refractivity contribution >= 4 is 22.4 Å². The van der Waals surface area contributed by atoms with Gasteiger partial charge in [-0.1, -0.05) is 20.8 Å². The van der Waals surface area contributed by atoms with Gasteiger partial charge in [-0.05, 0) is 11.5 Å². The van der Waals surface area contributed by atoms with Gasteiger partial charge in [0.25, 0.3) is 5.91 Å². The summed E-state index contributed by atoms with van der Waals surface area (Å²) in [7, 11) is 0. The van der Waals surface area contributed by atoms with Gasteiger partial charge in [0.1, 0.15) is 5.00 Å². The molecule has 0 fully saturated rings. The normalized spacial score (nSPS) is 11.6. The average molecular weight is 199 g/mol. The van der Waals surface area contributed by atoms with E-state index < -0.39 is 5.91 Å². The van der Waals surface area contributed by atoms with Gasteiger partial charge in [0.15, 0.2) is 0 Å². The summed E-state index contributed by atoms with van der Waals surface area (Å²) in [4.78, 5) is 11.1. The summed E-state index contributed by atoms with van der Waals surface area (Å²) in [6.07, 6.45) is 0. The number of nitrogens with zero attached hydrogens (tertiary/aromatic N) is 1. The van der Waals surface area contributed by atoms with Crippen LogP contribution in [0.25, 0.3) is 0 Å². The lowest BCUT2D eigenvalue weighted by Gasteiger charge is -2.16. The number of aromatic nitrogens is 1. The number of anilines is 1. The Kier molecular flexibility index (Phi) is 2.30. The van der Waals surface area contributed by atoms with Gasteiger partial charge in [-0.2, -0.15) is 4.37 Å². The number of carbonyl (C=O) groups is 1. The molecule has 1 amide bonds. The number of hydrogen-bond donors (Lipinski definition) is 2. The van der Waals surface area contributed by atoms with Crippen LogP contribution in [0.5, 0.6) is 0 Å². The van der Waals surface area contributed by atoms with Crippen molar-refractivity contribution in [3.8, 4) is 0 Å². The Hall–Kier alpha value is -1.10. The summed E-state index contributed by atoms with van der Waals surface area (Å²) in [5.41, 5.74) is 11.7. The van der Waals surface area contributed by atoms with Crippen molar-refractivity contribution in [1.29, 1.82) is 0 Å². The smallest absolute Gasteiger partial charge is 0.253 e. The van der Waals surface area contributed by atoms with Gasteiger partial charge in [0, 0.05) is 5.41 Å². The van der Waals surface area contributed by atoms with Crippen LogP contribution in [0.1, 0.15) is 36.8 Å². The molecule has 0 saturated heterocycles. The average Bonchev–Trinajstić information content (AvgIpc) is 2.28. The Balaban J connectivity index is 3.31. The summed E-state index contributed by atoms with van der Waals surface area (Å²) in [6, 6.07) is 0.